The molecule has 0 radical (unpaired) electrons. The number of carbonyl (C=O) groups excluding carboxylic acids is 4. The molecule has 0 bridgehead atoms. The first-order chi connectivity index (χ1) is 21.7. The van der Waals surface area contributed by atoms with Crippen LogP contribution in [0.4, 0.5) is 0 Å². The third-order valence-electron chi connectivity index (χ3n) is 7.13. The maximum Gasteiger partial charge on any atom is 0.352 e. The van der Waals surface area contributed by atoms with Crippen LogP contribution in [0, 0.1) is 6.92 Å². The van der Waals surface area contributed by atoms with Crippen LogP contribution in [0.1, 0.15) is 45.5 Å². The van der Waals surface area contributed by atoms with E-state index in [1.807, 2.05) is 4.72 Å². The molecule has 1 unspecified atom stereocenters. The number of β-lactam (4-membered cyclic amide) rings is 1. The number of carboxylic acids is 2. The fourth-order valence-electron chi connectivity index (χ4n) is 4.69. The number of sulfonamides is 1. The number of carboxylic acid groups (broad SMARTS) is 2. The molecule has 244 valence electrons. The lowest BCUT2D eigenvalue weighted by molar-refractivity contribution is -0.150. The number of nitrogens with one attached hydrogen (secondary N) is 2. The van der Waals surface area contributed by atoms with Crippen molar-refractivity contribution in [1.29, 1.82) is 0 Å². The van der Waals surface area contributed by atoms with Crippen molar-refractivity contribution < 1.29 is 52.1 Å². The molecule has 1 saturated heterocycles. The second kappa shape index (κ2) is 14.1. The molecular weight excluding hydrogens is 644 g/mol. The van der Waals surface area contributed by atoms with Crippen LogP contribution in [0.5, 0.6) is 0 Å². The number of amides is 3. The van der Waals surface area contributed by atoms with Crippen LogP contribution in [0.3, 0.4) is 0 Å². The maximum absolute atomic E-state index is 13.0. The first-order valence-corrected chi connectivity index (χ1v) is 16.3. The molecule has 17 heteroatoms. The van der Waals surface area contributed by atoms with Crippen molar-refractivity contribution in [2.75, 3.05) is 12.4 Å². The molecule has 2 aromatic carbocycles. The van der Waals surface area contributed by atoms with Gasteiger partial charge in [-0.25, -0.2) is 22.7 Å². The number of benzene rings is 2. The van der Waals surface area contributed by atoms with E-state index in [1.54, 1.807) is 19.1 Å². The Bertz CT molecular complexity index is 1720. The summed E-state index contributed by atoms with van der Waals surface area (Å²) in [7, 11) is -4.26. The lowest BCUT2D eigenvalue weighted by Gasteiger charge is -2.49. The number of hydrogen-bond donors (Lipinski definition) is 5. The van der Waals surface area contributed by atoms with Gasteiger partial charge in [0.25, 0.3) is 21.8 Å². The number of aliphatic carboxylic acids is 2. The highest BCUT2D eigenvalue weighted by Crippen LogP contribution is 2.40. The van der Waals surface area contributed by atoms with Crippen LogP contribution >= 0.6 is 11.8 Å². The van der Waals surface area contributed by atoms with Crippen LogP contribution in [-0.4, -0.2) is 89.0 Å². The Balaban J connectivity index is 1.41. The minimum Gasteiger partial charge on any atom is -0.480 e. The summed E-state index contributed by atoms with van der Waals surface area (Å²) in [5.41, 5.74) is 5.35. The van der Waals surface area contributed by atoms with Crippen molar-refractivity contribution in [1.82, 2.24) is 14.9 Å². The molecule has 6 N–H and O–H groups in total. The highest BCUT2D eigenvalue weighted by molar-refractivity contribution is 8.00. The molecular formula is C29H30N4O11S2. The summed E-state index contributed by atoms with van der Waals surface area (Å²) in [5.74, 6) is -5.96. The summed E-state index contributed by atoms with van der Waals surface area (Å²) in [5, 5.41) is 20.5. The summed E-state index contributed by atoms with van der Waals surface area (Å²) >= 11 is 1.14. The predicted molar refractivity (Wildman–Crippen MR) is 162 cm³/mol. The Morgan fingerprint density at radius 2 is 1.72 bits per heavy atom. The van der Waals surface area contributed by atoms with Gasteiger partial charge in [-0.05, 0) is 44.0 Å². The molecule has 2 aliphatic heterocycles. The van der Waals surface area contributed by atoms with E-state index >= 15 is 0 Å². The topological polar surface area (TPSA) is 240 Å². The van der Waals surface area contributed by atoms with Crippen molar-refractivity contribution in [3.63, 3.8) is 0 Å². The van der Waals surface area contributed by atoms with Gasteiger partial charge >= 0.3 is 17.9 Å². The Labute approximate surface area is 267 Å². The summed E-state index contributed by atoms with van der Waals surface area (Å²) in [4.78, 5) is 75.0. The largest absolute Gasteiger partial charge is 0.480 e. The van der Waals surface area contributed by atoms with Crippen molar-refractivity contribution in [3.8, 4) is 0 Å². The minimum absolute atomic E-state index is 0.0279. The number of ether oxygens (including phenoxy) is 1. The lowest BCUT2D eigenvalue weighted by atomic mass is 10.0. The number of carbonyl (C=O) groups is 6. The Hall–Kier alpha value is -4.74. The number of nitrogens with two attached hydrogens (primary N) is 1. The molecule has 3 amide bonds. The van der Waals surface area contributed by atoms with Crippen molar-refractivity contribution in [3.05, 3.63) is 76.5 Å². The normalized spacial score (nSPS) is 18.1. The molecule has 0 aliphatic carbocycles. The fourth-order valence-corrected chi connectivity index (χ4v) is 6.98. The number of esters is 1. The zero-order chi connectivity index (χ0) is 33.8. The van der Waals surface area contributed by atoms with Gasteiger partial charge in [-0.1, -0.05) is 29.8 Å². The van der Waals surface area contributed by atoms with Gasteiger partial charge in [0, 0.05) is 17.7 Å². The molecule has 15 nitrogen and oxygen atoms in total. The molecule has 0 spiro atoms. The van der Waals surface area contributed by atoms with Crippen LogP contribution in [0.2, 0.25) is 0 Å². The zero-order valence-corrected chi connectivity index (χ0v) is 25.9. The third-order valence-corrected chi connectivity index (χ3v) is 9.82. The molecule has 4 rings (SSSR count). The van der Waals surface area contributed by atoms with E-state index in [4.69, 9.17) is 15.6 Å². The van der Waals surface area contributed by atoms with Gasteiger partial charge in [-0.15, -0.1) is 11.8 Å². The molecule has 46 heavy (non-hydrogen) atoms. The van der Waals surface area contributed by atoms with Gasteiger partial charge in [-0.3, -0.25) is 24.1 Å². The Kier molecular flexibility index (Phi) is 10.5. The Morgan fingerprint density at radius 3 is 2.35 bits per heavy atom. The van der Waals surface area contributed by atoms with Crippen LogP contribution in [0.25, 0.3) is 0 Å². The van der Waals surface area contributed by atoms with Crippen LogP contribution in [-0.2, 0) is 33.9 Å². The van der Waals surface area contributed by atoms with E-state index in [9.17, 15) is 42.3 Å². The summed E-state index contributed by atoms with van der Waals surface area (Å²) in [6.45, 7) is 1.21. The SMILES string of the molecule is Cc1ccc(S(=O)(=O)NC(=O)c2ccccc2C(=O)OCC2=C(C(=O)O)N3C(=O)[C@@H](NC(=O)CCCC(N)C(=O)O)[C@@H]3SC2)cc1. The Morgan fingerprint density at radius 1 is 1.07 bits per heavy atom. The smallest absolute Gasteiger partial charge is 0.352 e. The van der Waals surface area contributed by atoms with Gasteiger partial charge in [0.2, 0.25) is 5.91 Å². The predicted octanol–water partition coefficient (Wildman–Crippen LogP) is 0.591. The van der Waals surface area contributed by atoms with Crippen molar-refractivity contribution >= 4 is 57.4 Å². The molecule has 0 aromatic heterocycles. The third kappa shape index (κ3) is 7.55. The summed E-state index contributed by atoms with van der Waals surface area (Å²) < 4.78 is 32.7. The summed E-state index contributed by atoms with van der Waals surface area (Å²) in [6, 6.07) is 8.96. The number of rotatable bonds is 13. The monoisotopic (exact) mass is 674 g/mol. The quantitative estimate of drug-likeness (QED) is 0.145. The average molecular weight is 675 g/mol. The van der Waals surface area contributed by atoms with Gasteiger partial charge in [0.15, 0.2) is 0 Å². The van der Waals surface area contributed by atoms with Gasteiger partial charge in [0.1, 0.15) is 29.8 Å². The average Bonchev–Trinajstić information content (AvgIpc) is 3.01. The molecule has 3 atom stereocenters. The maximum atomic E-state index is 13.0. The molecule has 2 heterocycles. The number of aryl methyl sites for hydroxylation is 1. The van der Waals surface area contributed by atoms with Crippen molar-refractivity contribution in [2.24, 2.45) is 5.73 Å². The molecule has 1 fully saturated rings. The van der Waals surface area contributed by atoms with Gasteiger partial charge in [-0.2, -0.15) is 0 Å². The van der Waals surface area contributed by atoms with Gasteiger partial charge < -0.3 is 26.0 Å². The second-order valence-corrected chi connectivity index (χ2v) is 13.2. The van der Waals surface area contributed by atoms with E-state index in [1.165, 1.54) is 36.4 Å². The first-order valence-electron chi connectivity index (χ1n) is 13.8. The van der Waals surface area contributed by atoms with Crippen LogP contribution < -0.4 is 15.8 Å². The summed E-state index contributed by atoms with van der Waals surface area (Å²) in [6.07, 6.45) is 0.147. The molecule has 0 saturated carbocycles. The highest BCUT2D eigenvalue weighted by Gasteiger charge is 2.54. The fraction of sp³-hybridized carbons (Fsp3) is 0.310. The number of nitrogens with zero attached hydrogens (tertiary/aromatic N) is 1. The van der Waals surface area contributed by atoms with E-state index in [0.717, 1.165) is 22.2 Å². The van der Waals surface area contributed by atoms with Crippen LogP contribution in [0.15, 0.2) is 64.7 Å². The zero-order valence-electron chi connectivity index (χ0n) is 24.3. The number of fused-ring (bicyclic) bond motifs is 1. The number of thioether (sulfide) groups is 1. The van der Waals surface area contributed by atoms with E-state index in [2.05, 4.69) is 5.32 Å². The van der Waals surface area contributed by atoms with Gasteiger partial charge in [0.05, 0.1) is 16.0 Å². The number of hydrogen-bond acceptors (Lipinski definition) is 11. The minimum atomic E-state index is -4.26. The van der Waals surface area contributed by atoms with E-state index in [0.29, 0.717) is 0 Å². The standard InChI is InChI=1S/C29H30N4O11S2/c1-15-9-11-17(12-10-15)46(42,43)32-24(35)18-5-2-3-6-19(18)29(41)44-13-16-14-45-26-22(25(36)33(26)23(16)28(39)40)31-21(34)8-4-7-20(30)27(37)38/h2-3,5-6,9-12,20,22,26H,4,7-8,13-14,30H2,1H3,(H,31,34)(H,32,35)(H,37,38)(H,39,40)/t20?,22-,26+/m1/s1. The molecule has 2 aromatic rings. The second-order valence-electron chi connectivity index (χ2n) is 10.4. The lowest BCUT2D eigenvalue weighted by Crippen LogP contribution is -2.70. The molecule has 2 aliphatic rings. The van der Waals surface area contributed by atoms with Crippen molar-refractivity contribution in [2.45, 2.75) is 48.5 Å². The highest BCUT2D eigenvalue weighted by atomic mass is 32.2. The van der Waals surface area contributed by atoms with E-state index in [-0.39, 0.29) is 46.6 Å². The first kappa shape index (κ1) is 34.1. The van der Waals surface area contributed by atoms with E-state index < -0.39 is 75.4 Å².